The molecule has 0 aliphatic rings. The number of anilines is 1. The number of hydrogen-bond acceptors (Lipinski definition) is 6. The number of aromatic nitrogens is 2. The topological polar surface area (TPSA) is 90.3 Å². The maximum absolute atomic E-state index is 12.4. The summed E-state index contributed by atoms with van der Waals surface area (Å²) in [5, 5.41) is 7.29. The van der Waals surface area contributed by atoms with Gasteiger partial charge < -0.3 is 10.1 Å². The van der Waals surface area contributed by atoms with Gasteiger partial charge in [-0.05, 0) is 46.2 Å². The van der Waals surface area contributed by atoms with E-state index in [0.717, 1.165) is 22.7 Å². The third-order valence-electron chi connectivity index (χ3n) is 3.60. The van der Waals surface area contributed by atoms with E-state index in [1.807, 2.05) is 19.9 Å². The minimum Gasteiger partial charge on any atom is -0.462 e. The average Bonchev–Trinajstić information content (AvgIpc) is 2.98. The largest absolute Gasteiger partial charge is 0.462 e. The summed E-state index contributed by atoms with van der Waals surface area (Å²) in [6.07, 6.45) is 0. The molecule has 0 aliphatic heterocycles. The van der Waals surface area contributed by atoms with Crippen LogP contribution in [0.2, 0.25) is 0 Å². The Hall–Kier alpha value is -2.48. The number of amides is 1. The lowest BCUT2D eigenvalue weighted by Gasteiger charge is -2.08. The van der Waals surface area contributed by atoms with Crippen LogP contribution in [0.4, 0.5) is 5.00 Å². The van der Waals surface area contributed by atoms with E-state index in [2.05, 4.69) is 10.4 Å². The molecule has 0 saturated heterocycles. The third-order valence-corrected chi connectivity index (χ3v) is 4.90. The molecule has 0 saturated carbocycles. The number of carbonyl (C=O) groups is 3. The van der Waals surface area contributed by atoms with Crippen LogP contribution in [0.25, 0.3) is 0 Å². The second-order valence-corrected chi connectivity index (χ2v) is 6.69. The zero-order chi connectivity index (χ0) is 18.7. The molecule has 2 aromatic rings. The van der Waals surface area contributed by atoms with Crippen molar-refractivity contribution < 1.29 is 19.1 Å². The van der Waals surface area contributed by atoms with Gasteiger partial charge in [-0.3, -0.25) is 14.3 Å². The summed E-state index contributed by atoms with van der Waals surface area (Å²) in [6.45, 7) is 8.75. The van der Waals surface area contributed by atoms with Gasteiger partial charge in [0.15, 0.2) is 5.78 Å². The molecule has 1 amide bonds. The molecule has 2 heterocycles. The Bertz CT molecular complexity index is 835. The zero-order valence-electron chi connectivity index (χ0n) is 14.9. The van der Waals surface area contributed by atoms with Gasteiger partial charge in [0.2, 0.25) is 5.91 Å². The molecule has 0 aromatic carbocycles. The number of nitrogens with zero attached hydrogens (tertiary/aromatic N) is 2. The average molecular weight is 363 g/mol. The van der Waals surface area contributed by atoms with Crippen molar-refractivity contribution in [3.63, 3.8) is 0 Å². The monoisotopic (exact) mass is 363 g/mol. The third kappa shape index (κ3) is 4.14. The fraction of sp³-hybridized carbons (Fsp3) is 0.412. The van der Waals surface area contributed by atoms with Crippen LogP contribution in [0.1, 0.15) is 50.8 Å². The van der Waals surface area contributed by atoms with Crippen molar-refractivity contribution in [2.45, 2.75) is 41.2 Å². The predicted octanol–water partition coefficient (Wildman–Crippen LogP) is 2.89. The number of rotatable bonds is 6. The Labute approximate surface area is 150 Å². The predicted molar refractivity (Wildman–Crippen MR) is 95.3 cm³/mol. The van der Waals surface area contributed by atoms with Crippen molar-refractivity contribution in [1.29, 1.82) is 0 Å². The van der Waals surface area contributed by atoms with Gasteiger partial charge in [0.1, 0.15) is 11.5 Å². The van der Waals surface area contributed by atoms with Crippen molar-refractivity contribution in [3.8, 4) is 0 Å². The summed E-state index contributed by atoms with van der Waals surface area (Å²) in [4.78, 5) is 36.8. The summed E-state index contributed by atoms with van der Waals surface area (Å²) < 4.78 is 6.64. The Balaban J connectivity index is 2.29. The number of Topliss-reactive ketones (excluding diaryl/α,β-unsaturated/α-hetero) is 1. The van der Waals surface area contributed by atoms with Crippen LogP contribution < -0.4 is 5.32 Å². The first-order chi connectivity index (χ1) is 11.7. The second kappa shape index (κ2) is 7.60. The smallest absolute Gasteiger partial charge is 0.341 e. The van der Waals surface area contributed by atoms with Crippen LogP contribution in [-0.2, 0) is 16.1 Å². The fourth-order valence-corrected chi connectivity index (χ4v) is 3.63. The molecule has 8 heteroatoms. The van der Waals surface area contributed by atoms with E-state index >= 15 is 0 Å². The van der Waals surface area contributed by atoms with Crippen LogP contribution in [0.5, 0.6) is 0 Å². The molecule has 25 heavy (non-hydrogen) atoms. The van der Waals surface area contributed by atoms with E-state index in [4.69, 9.17) is 4.74 Å². The van der Waals surface area contributed by atoms with Crippen molar-refractivity contribution in [2.24, 2.45) is 0 Å². The first-order valence-corrected chi connectivity index (χ1v) is 8.68. The van der Waals surface area contributed by atoms with Crippen LogP contribution in [0.3, 0.4) is 0 Å². The number of ether oxygens (including phenoxy) is 1. The Morgan fingerprint density at radius 2 is 1.96 bits per heavy atom. The Morgan fingerprint density at radius 1 is 1.28 bits per heavy atom. The van der Waals surface area contributed by atoms with Crippen molar-refractivity contribution in [3.05, 3.63) is 33.5 Å². The standard InChI is InChI=1S/C17H21N3O4S/c1-6-24-17(23)14-11(4)15(12(5)21)25-16(14)18-13(22)8-20-10(3)7-9(2)19-20/h7H,6,8H2,1-5H3,(H,18,22). The molecule has 0 atom stereocenters. The number of ketones is 1. The van der Waals surface area contributed by atoms with E-state index in [0.29, 0.717) is 15.4 Å². The molecule has 2 aromatic heterocycles. The van der Waals surface area contributed by atoms with Gasteiger partial charge in [0, 0.05) is 5.69 Å². The molecule has 0 aliphatic carbocycles. The molecule has 0 unspecified atom stereocenters. The molecular weight excluding hydrogens is 342 g/mol. The number of thiophene rings is 1. The van der Waals surface area contributed by atoms with Crippen LogP contribution >= 0.6 is 11.3 Å². The highest BCUT2D eigenvalue weighted by Gasteiger charge is 2.25. The van der Waals surface area contributed by atoms with Gasteiger partial charge in [-0.1, -0.05) is 0 Å². The lowest BCUT2D eigenvalue weighted by Crippen LogP contribution is -2.21. The van der Waals surface area contributed by atoms with Crippen molar-refractivity contribution in [1.82, 2.24) is 9.78 Å². The quantitative estimate of drug-likeness (QED) is 0.629. The highest BCUT2D eigenvalue weighted by atomic mass is 32.1. The van der Waals surface area contributed by atoms with Gasteiger partial charge in [-0.2, -0.15) is 5.10 Å². The molecular formula is C17H21N3O4S. The van der Waals surface area contributed by atoms with Gasteiger partial charge in [-0.25, -0.2) is 4.79 Å². The summed E-state index contributed by atoms with van der Waals surface area (Å²) in [6, 6.07) is 1.88. The van der Waals surface area contributed by atoms with Gasteiger partial charge in [0.05, 0.1) is 22.7 Å². The zero-order valence-corrected chi connectivity index (χ0v) is 15.7. The van der Waals surface area contributed by atoms with E-state index in [9.17, 15) is 14.4 Å². The Morgan fingerprint density at radius 3 is 2.48 bits per heavy atom. The van der Waals surface area contributed by atoms with Gasteiger partial charge in [0.25, 0.3) is 0 Å². The van der Waals surface area contributed by atoms with Crippen molar-refractivity contribution in [2.75, 3.05) is 11.9 Å². The lowest BCUT2D eigenvalue weighted by molar-refractivity contribution is -0.116. The second-order valence-electron chi connectivity index (χ2n) is 5.67. The molecule has 7 nitrogen and oxygen atoms in total. The number of nitrogens with one attached hydrogen (secondary N) is 1. The molecule has 0 fully saturated rings. The molecule has 2 rings (SSSR count). The fourth-order valence-electron chi connectivity index (χ4n) is 2.52. The SMILES string of the molecule is CCOC(=O)c1c(NC(=O)Cn2nc(C)cc2C)sc(C(C)=O)c1C. The van der Waals surface area contributed by atoms with E-state index < -0.39 is 5.97 Å². The van der Waals surface area contributed by atoms with E-state index in [1.54, 1.807) is 18.5 Å². The minimum absolute atomic E-state index is 0.0221. The molecule has 1 N–H and O–H groups in total. The van der Waals surface area contributed by atoms with E-state index in [-0.39, 0.29) is 30.4 Å². The van der Waals surface area contributed by atoms with Crippen LogP contribution in [0, 0.1) is 20.8 Å². The summed E-state index contributed by atoms with van der Waals surface area (Å²) in [5.41, 5.74) is 2.45. The first kappa shape index (κ1) is 18.9. The molecule has 134 valence electrons. The maximum atomic E-state index is 12.4. The van der Waals surface area contributed by atoms with Gasteiger partial charge in [-0.15, -0.1) is 11.3 Å². The highest BCUT2D eigenvalue weighted by molar-refractivity contribution is 7.18. The number of aryl methyl sites for hydroxylation is 2. The lowest BCUT2D eigenvalue weighted by atomic mass is 10.1. The Kier molecular flexibility index (Phi) is 5.73. The van der Waals surface area contributed by atoms with E-state index in [1.165, 1.54) is 6.92 Å². The van der Waals surface area contributed by atoms with Gasteiger partial charge >= 0.3 is 5.97 Å². The summed E-state index contributed by atoms with van der Waals surface area (Å²) >= 11 is 1.08. The number of hydrogen-bond donors (Lipinski definition) is 1. The molecule has 0 bridgehead atoms. The van der Waals surface area contributed by atoms with Crippen LogP contribution in [0.15, 0.2) is 6.07 Å². The molecule has 0 spiro atoms. The van der Waals surface area contributed by atoms with Crippen molar-refractivity contribution >= 4 is 34.0 Å². The summed E-state index contributed by atoms with van der Waals surface area (Å²) in [7, 11) is 0. The number of esters is 1. The highest BCUT2D eigenvalue weighted by Crippen LogP contribution is 2.34. The minimum atomic E-state index is -0.551. The summed E-state index contributed by atoms with van der Waals surface area (Å²) in [5.74, 6) is -1.04. The molecule has 0 radical (unpaired) electrons. The van der Waals surface area contributed by atoms with Crippen LogP contribution in [-0.4, -0.2) is 34.0 Å². The maximum Gasteiger partial charge on any atom is 0.341 e. The first-order valence-electron chi connectivity index (χ1n) is 7.86. The normalized spacial score (nSPS) is 10.6. The number of carbonyl (C=O) groups excluding carboxylic acids is 3.